The Balaban J connectivity index is 1.79. The molecule has 28 heavy (non-hydrogen) atoms. The van der Waals surface area contributed by atoms with Crippen molar-refractivity contribution in [1.29, 1.82) is 0 Å². The SMILES string of the molecule is CCCn1c(SCC(=O)NC(=O)NC(C)(C)C)nc2sc3c(c2c1=O)CCC3. The second kappa shape index (κ2) is 8.24. The standard InChI is InChI=1S/C19H26N4O3S2/c1-5-9-23-16(25)14-11-7-6-8-12(11)28-15(14)21-18(23)27-10-13(24)20-17(26)22-19(2,3)4/h5-10H2,1-4H3,(H2,20,22,24,26). The smallest absolute Gasteiger partial charge is 0.321 e. The zero-order valence-electron chi connectivity index (χ0n) is 16.7. The summed E-state index contributed by atoms with van der Waals surface area (Å²) in [5.41, 5.74) is 0.723. The summed E-state index contributed by atoms with van der Waals surface area (Å²) >= 11 is 2.78. The number of thiophene rings is 1. The van der Waals surface area contributed by atoms with Crippen molar-refractivity contribution in [1.82, 2.24) is 20.2 Å². The number of nitrogens with one attached hydrogen (secondary N) is 2. The van der Waals surface area contributed by atoms with Gasteiger partial charge in [-0.2, -0.15) is 0 Å². The number of rotatable bonds is 5. The molecular weight excluding hydrogens is 396 g/mol. The molecule has 3 rings (SSSR count). The summed E-state index contributed by atoms with van der Waals surface area (Å²) in [6.45, 7) is 8.08. The Morgan fingerprint density at radius 2 is 2.04 bits per heavy atom. The van der Waals surface area contributed by atoms with Gasteiger partial charge in [0.15, 0.2) is 5.16 Å². The number of thioether (sulfide) groups is 1. The monoisotopic (exact) mass is 422 g/mol. The van der Waals surface area contributed by atoms with E-state index in [0.717, 1.165) is 41.5 Å². The molecule has 0 bridgehead atoms. The summed E-state index contributed by atoms with van der Waals surface area (Å²) < 4.78 is 1.67. The van der Waals surface area contributed by atoms with E-state index >= 15 is 0 Å². The number of fused-ring (bicyclic) bond motifs is 3. The van der Waals surface area contributed by atoms with Crippen LogP contribution in [0.3, 0.4) is 0 Å². The van der Waals surface area contributed by atoms with Gasteiger partial charge < -0.3 is 5.32 Å². The molecular formula is C19H26N4O3S2. The van der Waals surface area contributed by atoms with Gasteiger partial charge in [0.25, 0.3) is 5.56 Å². The first-order valence-electron chi connectivity index (χ1n) is 9.49. The fourth-order valence-electron chi connectivity index (χ4n) is 3.25. The van der Waals surface area contributed by atoms with Crippen molar-refractivity contribution >= 4 is 45.3 Å². The van der Waals surface area contributed by atoms with E-state index in [4.69, 9.17) is 4.98 Å². The van der Waals surface area contributed by atoms with Gasteiger partial charge in [-0.05, 0) is 52.0 Å². The van der Waals surface area contributed by atoms with E-state index in [1.165, 1.54) is 16.6 Å². The third-order valence-electron chi connectivity index (χ3n) is 4.31. The van der Waals surface area contributed by atoms with Crippen molar-refractivity contribution in [3.63, 3.8) is 0 Å². The third-order valence-corrected chi connectivity index (χ3v) is 6.47. The maximum atomic E-state index is 13.1. The summed E-state index contributed by atoms with van der Waals surface area (Å²) in [6, 6.07) is -0.526. The maximum absolute atomic E-state index is 13.1. The number of urea groups is 1. The number of hydrogen-bond acceptors (Lipinski definition) is 6. The highest BCUT2D eigenvalue weighted by Gasteiger charge is 2.23. The van der Waals surface area contributed by atoms with Crippen LogP contribution in [0.4, 0.5) is 4.79 Å². The van der Waals surface area contributed by atoms with Crippen molar-refractivity contribution in [3.8, 4) is 0 Å². The molecule has 0 saturated heterocycles. The molecule has 1 aliphatic carbocycles. The Labute approximate surface area is 172 Å². The Bertz CT molecular complexity index is 972. The molecule has 1 aliphatic rings. The van der Waals surface area contributed by atoms with Gasteiger partial charge in [-0.1, -0.05) is 18.7 Å². The lowest BCUT2D eigenvalue weighted by atomic mass is 10.1. The first kappa shape index (κ1) is 20.9. The van der Waals surface area contributed by atoms with Crippen LogP contribution in [0.25, 0.3) is 10.2 Å². The number of nitrogens with zero attached hydrogens (tertiary/aromatic N) is 2. The third kappa shape index (κ3) is 4.57. The second-order valence-corrected chi connectivity index (χ2v) is 9.96. The van der Waals surface area contributed by atoms with Crippen LogP contribution in [-0.2, 0) is 24.2 Å². The van der Waals surface area contributed by atoms with Crippen LogP contribution in [0.15, 0.2) is 9.95 Å². The molecule has 0 fully saturated rings. The molecule has 0 radical (unpaired) electrons. The van der Waals surface area contributed by atoms with Crippen molar-refractivity contribution in [2.45, 2.75) is 70.6 Å². The lowest BCUT2D eigenvalue weighted by Gasteiger charge is -2.20. The number of carbonyl (C=O) groups excluding carboxylic acids is 2. The fourth-order valence-corrected chi connectivity index (χ4v) is 5.38. The highest BCUT2D eigenvalue weighted by molar-refractivity contribution is 7.99. The zero-order valence-corrected chi connectivity index (χ0v) is 18.3. The largest absolute Gasteiger partial charge is 0.333 e. The molecule has 0 saturated carbocycles. The highest BCUT2D eigenvalue weighted by atomic mass is 32.2. The van der Waals surface area contributed by atoms with Gasteiger partial charge in [0.2, 0.25) is 5.91 Å². The summed E-state index contributed by atoms with van der Waals surface area (Å²) in [4.78, 5) is 43.8. The average molecular weight is 423 g/mol. The minimum Gasteiger partial charge on any atom is -0.333 e. The second-order valence-electron chi connectivity index (χ2n) is 7.93. The molecule has 152 valence electrons. The first-order chi connectivity index (χ1) is 13.2. The van der Waals surface area contributed by atoms with E-state index in [2.05, 4.69) is 10.6 Å². The molecule has 7 nitrogen and oxygen atoms in total. The van der Waals surface area contributed by atoms with E-state index < -0.39 is 17.5 Å². The quantitative estimate of drug-likeness (QED) is 0.571. The Morgan fingerprint density at radius 1 is 1.29 bits per heavy atom. The van der Waals surface area contributed by atoms with Crippen LogP contribution < -0.4 is 16.2 Å². The highest BCUT2D eigenvalue weighted by Crippen LogP contribution is 2.35. The molecule has 2 N–H and O–H groups in total. The minimum absolute atomic E-state index is 0.0142. The van der Waals surface area contributed by atoms with Gasteiger partial charge in [0, 0.05) is 17.0 Å². The topological polar surface area (TPSA) is 93.1 Å². The van der Waals surface area contributed by atoms with Crippen molar-refractivity contribution in [3.05, 3.63) is 20.8 Å². The first-order valence-corrected chi connectivity index (χ1v) is 11.3. The summed E-state index contributed by atoms with van der Waals surface area (Å²) in [6.07, 6.45) is 3.85. The molecule has 0 aromatic carbocycles. The van der Waals surface area contributed by atoms with Gasteiger partial charge >= 0.3 is 6.03 Å². The normalized spacial score (nSPS) is 13.6. The van der Waals surface area contributed by atoms with Crippen LogP contribution in [0, 0.1) is 0 Å². The van der Waals surface area contributed by atoms with Gasteiger partial charge in [-0.15, -0.1) is 11.3 Å². The number of aromatic nitrogens is 2. The fraction of sp³-hybridized carbons (Fsp3) is 0.579. The van der Waals surface area contributed by atoms with Crippen molar-refractivity contribution in [2.24, 2.45) is 0 Å². The molecule has 2 aromatic heterocycles. The number of amides is 3. The van der Waals surface area contributed by atoms with Crippen LogP contribution in [-0.4, -0.2) is 32.8 Å². The van der Waals surface area contributed by atoms with Gasteiger partial charge in [-0.25, -0.2) is 9.78 Å². The zero-order chi connectivity index (χ0) is 20.5. The Morgan fingerprint density at radius 3 is 2.71 bits per heavy atom. The molecule has 0 aliphatic heterocycles. The van der Waals surface area contributed by atoms with Crippen LogP contribution in [0.2, 0.25) is 0 Å². The van der Waals surface area contributed by atoms with Gasteiger partial charge in [-0.3, -0.25) is 19.5 Å². The Hall–Kier alpha value is -1.87. The molecule has 3 amide bonds. The van der Waals surface area contributed by atoms with E-state index in [-0.39, 0.29) is 11.3 Å². The van der Waals surface area contributed by atoms with Crippen LogP contribution in [0.1, 0.15) is 51.0 Å². The summed E-state index contributed by atoms with van der Waals surface area (Å²) in [7, 11) is 0. The van der Waals surface area contributed by atoms with Crippen molar-refractivity contribution in [2.75, 3.05) is 5.75 Å². The average Bonchev–Trinajstić information content (AvgIpc) is 3.14. The number of carbonyl (C=O) groups is 2. The minimum atomic E-state index is -0.526. The molecule has 0 unspecified atom stereocenters. The van der Waals surface area contributed by atoms with E-state index in [1.807, 2.05) is 27.7 Å². The summed E-state index contributed by atoms with van der Waals surface area (Å²) in [5, 5.41) is 6.29. The molecule has 2 heterocycles. The molecule has 2 aromatic rings. The van der Waals surface area contributed by atoms with Gasteiger partial charge in [0.05, 0.1) is 11.1 Å². The predicted molar refractivity (Wildman–Crippen MR) is 113 cm³/mol. The van der Waals surface area contributed by atoms with Crippen LogP contribution >= 0.6 is 23.1 Å². The predicted octanol–water partition coefficient (Wildman–Crippen LogP) is 3.07. The summed E-state index contributed by atoms with van der Waals surface area (Å²) in [5.74, 6) is -0.401. The lowest BCUT2D eigenvalue weighted by Crippen LogP contribution is -2.48. The molecule has 0 spiro atoms. The van der Waals surface area contributed by atoms with Gasteiger partial charge in [0.1, 0.15) is 4.83 Å². The van der Waals surface area contributed by atoms with Crippen LogP contribution in [0.5, 0.6) is 0 Å². The van der Waals surface area contributed by atoms with E-state index in [9.17, 15) is 14.4 Å². The number of aryl methyl sites for hydroxylation is 2. The van der Waals surface area contributed by atoms with Crippen molar-refractivity contribution < 1.29 is 9.59 Å². The lowest BCUT2D eigenvalue weighted by molar-refractivity contribution is -0.117. The Kier molecular flexibility index (Phi) is 6.14. The van der Waals surface area contributed by atoms with E-state index in [0.29, 0.717) is 11.7 Å². The molecule has 0 atom stereocenters. The number of imide groups is 1. The molecule has 9 heteroatoms. The number of hydrogen-bond donors (Lipinski definition) is 2. The van der Waals surface area contributed by atoms with E-state index in [1.54, 1.807) is 15.9 Å². The maximum Gasteiger partial charge on any atom is 0.321 e.